The number of halogens is 2. The quantitative estimate of drug-likeness (QED) is 0.219. The van der Waals surface area contributed by atoms with Gasteiger partial charge in [0.25, 0.3) is 5.91 Å². The second kappa shape index (κ2) is 12.0. The lowest BCUT2D eigenvalue weighted by Gasteiger charge is -2.25. The van der Waals surface area contributed by atoms with Gasteiger partial charge in [0.05, 0.1) is 18.7 Å². The molecule has 1 fully saturated rings. The van der Waals surface area contributed by atoms with Crippen molar-refractivity contribution in [3.63, 3.8) is 0 Å². The summed E-state index contributed by atoms with van der Waals surface area (Å²) in [6, 6.07) is 13.6. The van der Waals surface area contributed by atoms with Crippen LogP contribution in [0.2, 0.25) is 0 Å². The first kappa shape index (κ1) is 29.3. The molecule has 0 bridgehead atoms. The van der Waals surface area contributed by atoms with Gasteiger partial charge in [0.2, 0.25) is 11.8 Å². The maximum atomic E-state index is 13.2. The number of nitrogens with two attached hydrogens (primary N) is 1. The van der Waals surface area contributed by atoms with Crippen molar-refractivity contribution in [3.8, 4) is 11.1 Å². The van der Waals surface area contributed by atoms with Gasteiger partial charge < -0.3 is 26.0 Å². The molecule has 42 heavy (non-hydrogen) atoms. The number of carbonyl (C=O) groups is 3. The fraction of sp³-hybridized carbons (Fsp3) is 0.333. The van der Waals surface area contributed by atoms with Crippen LogP contribution in [0.5, 0.6) is 0 Å². The van der Waals surface area contributed by atoms with Gasteiger partial charge in [-0.05, 0) is 47.4 Å². The number of thiophene rings is 1. The lowest BCUT2D eigenvalue weighted by atomic mass is 9.98. The zero-order chi connectivity index (χ0) is 30.1. The molecule has 0 radical (unpaired) electrons. The van der Waals surface area contributed by atoms with E-state index in [1.165, 1.54) is 21.8 Å². The third-order valence-corrected chi connectivity index (χ3v) is 8.91. The molecule has 1 saturated heterocycles. The summed E-state index contributed by atoms with van der Waals surface area (Å²) in [5.41, 5.74) is 10.8. The van der Waals surface area contributed by atoms with Crippen LogP contribution in [-0.4, -0.2) is 60.3 Å². The van der Waals surface area contributed by atoms with Crippen molar-refractivity contribution < 1.29 is 27.9 Å². The third kappa shape index (κ3) is 5.90. The van der Waals surface area contributed by atoms with E-state index in [1.54, 1.807) is 30.5 Å². The number of nitrogens with one attached hydrogen (secondary N) is 3. The third-order valence-electron chi connectivity index (χ3n) is 7.80. The monoisotopic (exact) mass is 595 g/mol. The molecule has 0 saturated carbocycles. The van der Waals surface area contributed by atoms with Crippen LogP contribution in [0.1, 0.15) is 64.2 Å². The number of fused-ring (bicyclic) bond motifs is 3. The summed E-state index contributed by atoms with van der Waals surface area (Å²) in [5.74, 6) is -1.48. The van der Waals surface area contributed by atoms with Crippen LogP contribution in [0.25, 0.3) is 11.1 Å². The summed E-state index contributed by atoms with van der Waals surface area (Å²) in [4.78, 5) is 41.4. The highest BCUT2D eigenvalue weighted by atomic mass is 32.1. The molecule has 9 nitrogen and oxygen atoms in total. The van der Waals surface area contributed by atoms with E-state index >= 15 is 0 Å². The molecule has 12 heteroatoms. The Labute approximate surface area is 245 Å². The first-order valence-corrected chi connectivity index (χ1v) is 14.4. The molecule has 2 unspecified atom stereocenters. The molecule has 5 N–H and O–H groups in total. The number of hydrogen-bond donors (Lipinski definition) is 4. The smallest absolute Gasteiger partial charge is 0.345 e. The first-order valence-electron chi connectivity index (χ1n) is 13.5. The summed E-state index contributed by atoms with van der Waals surface area (Å²) < 4.78 is 30.6. The minimum absolute atomic E-state index is 0.100. The highest BCUT2D eigenvalue weighted by Crippen LogP contribution is 2.44. The van der Waals surface area contributed by atoms with Crippen LogP contribution in [-0.2, 0) is 14.3 Å². The van der Waals surface area contributed by atoms with Gasteiger partial charge in [0.15, 0.2) is 0 Å². The summed E-state index contributed by atoms with van der Waals surface area (Å²) in [6.07, 6.45) is -1.16. The van der Waals surface area contributed by atoms with Gasteiger partial charge in [-0.1, -0.05) is 37.3 Å². The highest BCUT2D eigenvalue weighted by molar-refractivity contribution is 7.10. The number of likely N-dealkylation sites (tertiary alicyclic amines) is 1. The van der Waals surface area contributed by atoms with Gasteiger partial charge in [-0.2, -0.15) is 8.78 Å². The number of nitrogen functional groups attached to an aromatic ring is 1. The highest BCUT2D eigenvalue weighted by Gasteiger charge is 2.41. The van der Waals surface area contributed by atoms with E-state index in [1.807, 2.05) is 24.3 Å². The Balaban J connectivity index is 1.25. The molecular formula is C30H31F2N5O4S. The Bertz CT molecular complexity index is 1540. The number of carbonyl (C=O) groups excluding carboxylic acids is 3. The van der Waals surface area contributed by atoms with Gasteiger partial charge >= 0.3 is 6.61 Å². The summed E-state index contributed by atoms with van der Waals surface area (Å²) in [6.45, 7) is 0.151. The topological polar surface area (TPSA) is 138 Å². The molecule has 1 aliphatic carbocycles. The number of benzene rings is 2. The van der Waals surface area contributed by atoms with E-state index in [-0.39, 0.29) is 24.7 Å². The minimum Gasteiger partial charge on any atom is -0.384 e. The van der Waals surface area contributed by atoms with E-state index in [0.29, 0.717) is 11.1 Å². The van der Waals surface area contributed by atoms with Crippen molar-refractivity contribution in [2.45, 2.75) is 51.0 Å². The standard InChI is InChI=1S/C30H31F2N5O4S/c1-15-20-5-3-4-6-22(20)23-9-17(7-8-21(15)23)28(39)35-12-26(38)37-13-19(41-30(31)32)11-24(37)29(40)36-16(2)25-10-18(14-42-25)27(33)34/h3-10,14-16,19,24,30H,11-13H2,1-2H3,(H3,33,34)(H,35,39)(H,36,40)/t15?,16?,19-,24+/m1/s1. The minimum atomic E-state index is -3.06. The van der Waals surface area contributed by atoms with Crippen molar-refractivity contribution in [2.24, 2.45) is 5.73 Å². The molecule has 2 heterocycles. The second-order valence-corrected chi connectivity index (χ2v) is 11.4. The average Bonchev–Trinajstić information content (AvgIpc) is 3.69. The zero-order valence-corrected chi connectivity index (χ0v) is 23.8. The molecule has 5 rings (SSSR count). The second-order valence-electron chi connectivity index (χ2n) is 10.5. The lowest BCUT2D eigenvalue weighted by Crippen LogP contribution is -2.49. The molecule has 3 amide bonds. The van der Waals surface area contributed by atoms with Gasteiger partial charge in [-0.15, -0.1) is 11.3 Å². The molecule has 2 aromatic carbocycles. The molecule has 0 spiro atoms. The molecular weight excluding hydrogens is 564 g/mol. The number of ether oxygens (including phenoxy) is 1. The molecule has 3 aromatic rings. The number of hydrogen-bond acceptors (Lipinski definition) is 6. The van der Waals surface area contributed by atoms with Gasteiger partial charge in [0.1, 0.15) is 11.9 Å². The van der Waals surface area contributed by atoms with Crippen molar-refractivity contribution in [3.05, 3.63) is 81.0 Å². The predicted octanol–water partition coefficient (Wildman–Crippen LogP) is 3.98. The van der Waals surface area contributed by atoms with Crippen LogP contribution >= 0.6 is 11.3 Å². The van der Waals surface area contributed by atoms with Crippen LogP contribution in [0.3, 0.4) is 0 Å². The fourth-order valence-corrected chi connectivity index (χ4v) is 6.54. The molecule has 220 valence electrons. The Hall–Kier alpha value is -4.16. The van der Waals surface area contributed by atoms with Crippen LogP contribution in [0, 0.1) is 5.41 Å². The van der Waals surface area contributed by atoms with E-state index in [9.17, 15) is 23.2 Å². The number of amidine groups is 1. The van der Waals surface area contributed by atoms with Crippen molar-refractivity contribution >= 4 is 34.9 Å². The van der Waals surface area contributed by atoms with E-state index in [2.05, 4.69) is 28.4 Å². The normalized spacial score (nSPS) is 19.7. The number of amides is 3. The summed E-state index contributed by atoms with van der Waals surface area (Å²) >= 11 is 1.31. The molecule has 2 aliphatic rings. The Morgan fingerprint density at radius 2 is 1.86 bits per heavy atom. The van der Waals surface area contributed by atoms with Crippen molar-refractivity contribution in [1.82, 2.24) is 15.5 Å². The maximum Gasteiger partial charge on any atom is 0.345 e. The Morgan fingerprint density at radius 1 is 1.12 bits per heavy atom. The Kier molecular flexibility index (Phi) is 8.37. The number of nitrogens with zero attached hydrogens (tertiary/aromatic N) is 1. The van der Waals surface area contributed by atoms with E-state index in [4.69, 9.17) is 11.1 Å². The molecule has 4 atom stereocenters. The Morgan fingerprint density at radius 3 is 2.57 bits per heavy atom. The molecule has 1 aliphatic heterocycles. The van der Waals surface area contributed by atoms with E-state index < -0.39 is 49.1 Å². The summed E-state index contributed by atoms with van der Waals surface area (Å²) in [7, 11) is 0. The van der Waals surface area contributed by atoms with Gasteiger partial charge in [-0.3, -0.25) is 19.8 Å². The predicted molar refractivity (Wildman–Crippen MR) is 155 cm³/mol. The average molecular weight is 596 g/mol. The first-order chi connectivity index (χ1) is 20.0. The van der Waals surface area contributed by atoms with Crippen LogP contribution < -0.4 is 16.4 Å². The molecule has 1 aromatic heterocycles. The van der Waals surface area contributed by atoms with Gasteiger partial charge in [0, 0.05) is 40.3 Å². The van der Waals surface area contributed by atoms with Gasteiger partial charge in [-0.25, -0.2) is 0 Å². The SMILES string of the molecule is CC(NC(=O)[C@@H]1C[C@@H](OC(F)F)CN1C(=O)CNC(=O)c1ccc2c(c1)-c1ccccc1C2C)c1cc(C(=N)N)cs1. The van der Waals surface area contributed by atoms with Crippen LogP contribution in [0.15, 0.2) is 53.9 Å². The summed E-state index contributed by atoms with van der Waals surface area (Å²) in [5, 5.41) is 14.7. The fourth-order valence-electron chi connectivity index (χ4n) is 5.62. The number of alkyl halides is 2. The zero-order valence-electron chi connectivity index (χ0n) is 23.0. The largest absolute Gasteiger partial charge is 0.384 e. The lowest BCUT2D eigenvalue weighted by molar-refractivity contribution is -0.160. The van der Waals surface area contributed by atoms with Crippen molar-refractivity contribution in [2.75, 3.05) is 13.1 Å². The maximum absolute atomic E-state index is 13.2. The van der Waals surface area contributed by atoms with Crippen LogP contribution in [0.4, 0.5) is 8.78 Å². The van der Waals surface area contributed by atoms with Crippen molar-refractivity contribution in [1.29, 1.82) is 5.41 Å². The van der Waals surface area contributed by atoms with E-state index in [0.717, 1.165) is 21.6 Å². The number of rotatable bonds is 9.